The van der Waals surface area contributed by atoms with Crippen molar-refractivity contribution in [3.05, 3.63) is 218 Å². The minimum atomic E-state index is 0.677. The highest BCUT2D eigenvalue weighted by molar-refractivity contribution is 6.20. The average molecular weight is 777 g/mol. The van der Waals surface area contributed by atoms with E-state index in [1.807, 2.05) is 42.5 Å². The maximum absolute atomic E-state index is 6.36. The first-order valence-electron chi connectivity index (χ1n) is 20.7. The Labute approximate surface area is 352 Å². The number of benzene rings is 10. The molecule has 0 radical (unpaired) electrons. The minimum Gasteiger partial charge on any atom is -0.456 e. The summed E-state index contributed by atoms with van der Waals surface area (Å²) < 4.78 is 6.36. The minimum absolute atomic E-state index is 0.677. The number of nitrogens with zero attached hydrogens (tertiary/aromatic N) is 2. The van der Waals surface area contributed by atoms with Crippen LogP contribution in [0.1, 0.15) is 0 Å². The molecule has 0 aliphatic carbocycles. The normalized spacial score (nSPS) is 11.6. The summed E-state index contributed by atoms with van der Waals surface area (Å²) in [7, 11) is 0. The summed E-state index contributed by atoms with van der Waals surface area (Å²) in [5.74, 6) is 1.49. The maximum Gasteiger partial charge on any atom is 0.160 e. The molecule has 2 aromatic heterocycles. The third kappa shape index (κ3) is 6.14. The Balaban J connectivity index is 0.916. The molecule has 0 aliphatic rings. The smallest absolute Gasteiger partial charge is 0.160 e. The number of furan rings is 1. The molecule has 0 amide bonds. The van der Waals surface area contributed by atoms with Crippen molar-refractivity contribution in [1.82, 2.24) is 9.97 Å². The SMILES string of the molecule is c1ccc(-c2nc(-c3ccc4cc(-c5ccc(-c6c7ccccc7cc7c6ccc6ccccc67)cc5)ccc4c3)cc(-c3ccccc3-c3cc4ccccc4o3)n2)cc1. The Kier molecular flexibility index (Phi) is 8.17. The maximum atomic E-state index is 6.36. The summed E-state index contributed by atoms with van der Waals surface area (Å²) in [6.45, 7) is 0. The molecular weight excluding hydrogens is 741 g/mol. The quantitative estimate of drug-likeness (QED) is 0.125. The molecule has 0 saturated carbocycles. The molecule has 3 nitrogen and oxygen atoms in total. The zero-order valence-corrected chi connectivity index (χ0v) is 33.1. The molecule has 0 N–H and O–H groups in total. The van der Waals surface area contributed by atoms with E-state index in [0.29, 0.717) is 5.82 Å². The number of hydrogen-bond acceptors (Lipinski definition) is 3. The van der Waals surface area contributed by atoms with Crippen molar-refractivity contribution < 1.29 is 4.42 Å². The fourth-order valence-corrected chi connectivity index (χ4v) is 9.03. The summed E-state index contributed by atoms with van der Waals surface area (Å²) in [6.07, 6.45) is 0. The van der Waals surface area contributed by atoms with Gasteiger partial charge in [0.15, 0.2) is 5.82 Å². The van der Waals surface area contributed by atoms with Gasteiger partial charge in [0.25, 0.3) is 0 Å². The highest BCUT2D eigenvalue weighted by atomic mass is 16.3. The summed E-state index contributed by atoms with van der Waals surface area (Å²) in [6, 6.07) is 77.6. The van der Waals surface area contributed by atoms with Crippen LogP contribution in [-0.2, 0) is 0 Å². The summed E-state index contributed by atoms with van der Waals surface area (Å²) in [5, 5.41) is 11.0. The summed E-state index contributed by atoms with van der Waals surface area (Å²) in [5.41, 5.74) is 11.4. The first-order chi connectivity index (χ1) is 30.2. The standard InChI is InChI=1S/C58H36N2O/c1-2-13-40(14-3-1)58-59-53(36-54(60-58)49-19-9-10-20-50(49)56-35-46-16-6-11-21-55(46)61-56)45-29-28-42-32-41(26-27-43(42)33-45)37-22-24-39(25-23-37)57-48-18-8-5-15-44(48)34-52-47-17-7-4-12-38(47)30-31-51(52)57/h1-36H. The number of fused-ring (bicyclic) bond motifs is 6. The molecule has 0 atom stereocenters. The molecule has 0 saturated heterocycles. The third-order valence-corrected chi connectivity index (χ3v) is 12.1. The predicted molar refractivity (Wildman–Crippen MR) is 254 cm³/mol. The van der Waals surface area contributed by atoms with Crippen molar-refractivity contribution >= 4 is 54.1 Å². The fourth-order valence-electron chi connectivity index (χ4n) is 9.03. The van der Waals surface area contributed by atoms with E-state index in [0.717, 1.165) is 55.8 Å². The van der Waals surface area contributed by atoms with E-state index in [1.165, 1.54) is 60.0 Å². The molecule has 3 heteroatoms. The highest BCUT2D eigenvalue weighted by Crippen LogP contribution is 2.41. The van der Waals surface area contributed by atoms with Crippen molar-refractivity contribution in [3.8, 4) is 67.5 Å². The van der Waals surface area contributed by atoms with Crippen LogP contribution in [0.2, 0.25) is 0 Å². The van der Waals surface area contributed by atoms with E-state index >= 15 is 0 Å². The Hall–Kier alpha value is -8.14. The summed E-state index contributed by atoms with van der Waals surface area (Å²) >= 11 is 0. The van der Waals surface area contributed by atoms with E-state index in [1.54, 1.807) is 0 Å². The molecular formula is C58H36N2O. The van der Waals surface area contributed by atoms with Gasteiger partial charge in [-0.05, 0) is 102 Å². The number of para-hydroxylation sites is 1. The van der Waals surface area contributed by atoms with Crippen LogP contribution in [0.5, 0.6) is 0 Å². The van der Waals surface area contributed by atoms with Gasteiger partial charge in [0, 0.05) is 27.6 Å². The largest absolute Gasteiger partial charge is 0.456 e. The topological polar surface area (TPSA) is 38.9 Å². The Bertz CT molecular complexity index is 3610. The van der Waals surface area contributed by atoms with Gasteiger partial charge >= 0.3 is 0 Å². The second kappa shape index (κ2) is 14.3. The van der Waals surface area contributed by atoms with Gasteiger partial charge in [0.1, 0.15) is 11.3 Å². The van der Waals surface area contributed by atoms with Crippen LogP contribution in [-0.4, -0.2) is 9.97 Å². The molecule has 12 rings (SSSR count). The van der Waals surface area contributed by atoms with Crippen molar-refractivity contribution in [2.45, 2.75) is 0 Å². The second-order valence-corrected chi connectivity index (χ2v) is 15.7. The van der Waals surface area contributed by atoms with E-state index in [2.05, 4.69) is 176 Å². The molecule has 0 bridgehead atoms. The van der Waals surface area contributed by atoms with E-state index in [-0.39, 0.29) is 0 Å². The second-order valence-electron chi connectivity index (χ2n) is 15.7. The van der Waals surface area contributed by atoms with Crippen LogP contribution in [0, 0.1) is 0 Å². The molecule has 2 heterocycles. The monoisotopic (exact) mass is 776 g/mol. The fraction of sp³-hybridized carbons (Fsp3) is 0. The van der Waals surface area contributed by atoms with Gasteiger partial charge in [-0.1, -0.05) is 182 Å². The zero-order chi connectivity index (χ0) is 40.3. The molecule has 10 aromatic carbocycles. The average Bonchev–Trinajstić information content (AvgIpc) is 3.78. The van der Waals surface area contributed by atoms with E-state index in [4.69, 9.17) is 14.4 Å². The van der Waals surface area contributed by atoms with E-state index in [9.17, 15) is 0 Å². The van der Waals surface area contributed by atoms with Crippen molar-refractivity contribution in [3.63, 3.8) is 0 Å². The van der Waals surface area contributed by atoms with Crippen molar-refractivity contribution in [1.29, 1.82) is 0 Å². The van der Waals surface area contributed by atoms with Crippen LogP contribution < -0.4 is 0 Å². The first-order valence-corrected chi connectivity index (χ1v) is 20.7. The van der Waals surface area contributed by atoms with Gasteiger partial charge in [-0.25, -0.2) is 9.97 Å². The Morgan fingerprint density at radius 3 is 1.72 bits per heavy atom. The molecule has 61 heavy (non-hydrogen) atoms. The molecule has 12 aromatic rings. The lowest BCUT2D eigenvalue weighted by Crippen LogP contribution is -1.97. The van der Waals surface area contributed by atoms with Gasteiger partial charge in [0.2, 0.25) is 0 Å². The van der Waals surface area contributed by atoms with Gasteiger partial charge < -0.3 is 4.42 Å². The van der Waals surface area contributed by atoms with Crippen LogP contribution in [0.4, 0.5) is 0 Å². The predicted octanol–water partition coefficient (Wildman–Crippen LogP) is 15.8. The molecule has 0 aliphatic heterocycles. The van der Waals surface area contributed by atoms with Gasteiger partial charge in [-0.3, -0.25) is 0 Å². The van der Waals surface area contributed by atoms with Crippen molar-refractivity contribution in [2.24, 2.45) is 0 Å². The lowest BCUT2D eigenvalue weighted by Gasteiger charge is -2.15. The Morgan fingerprint density at radius 2 is 0.902 bits per heavy atom. The third-order valence-electron chi connectivity index (χ3n) is 12.1. The molecule has 0 fully saturated rings. The molecule has 0 spiro atoms. The van der Waals surface area contributed by atoms with Crippen LogP contribution in [0.25, 0.3) is 122 Å². The Morgan fingerprint density at radius 1 is 0.295 bits per heavy atom. The van der Waals surface area contributed by atoms with Crippen LogP contribution >= 0.6 is 0 Å². The van der Waals surface area contributed by atoms with E-state index < -0.39 is 0 Å². The highest BCUT2D eigenvalue weighted by Gasteiger charge is 2.17. The number of hydrogen-bond donors (Lipinski definition) is 0. The number of aromatic nitrogens is 2. The zero-order valence-electron chi connectivity index (χ0n) is 33.1. The lowest BCUT2D eigenvalue weighted by molar-refractivity contribution is 0.632. The van der Waals surface area contributed by atoms with Crippen molar-refractivity contribution in [2.75, 3.05) is 0 Å². The summed E-state index contributed by atoms with van der Waals surface area (Å²) in [4.78, 5) is 10.3. The first kappa shape index (κ1) is 34.9. The molecule has 284 valence electrons. The molecule has 0 unspecified atom stereocenters. The van der Waals surface area contributed by atoms with Gasteiger partial charge in [-0.15, -0.1) is 0 Å². The van der Waals surface area contributed by atoms with Gasteiger partial charge in [-0.2, -0.15) is 0 Å². The number of rotatable bonds is 6. The lowest BCUT2D eigenvalue weighted by atomic mass is 9.89. The van der Waals surface area contributed by atoms with Crippen LogP contribution in [0.15, 0.2) is 223 Å². The van der Waals surface area contributed by atoms with Gasteiger partial charge in [0.05, 0.1) is 11.4 Å². The van der Waals surface area contributed by atoms with Crippen LogP contribution in [0.3, 0.4) is 0 Å².